The van der Waals surface area contributed by atoms with E-state index in [9.17, 15) is 9.90 Å². The summed E-state index contributed by atoms with van der Waals surface area (Å²) in [7, 11) is 0. The van der Waals surface area contributed by atoms with Gasteiger partial charge in [0.1, 0.15) is 5.75 Å². The Morgan fingerprint density at radius 1 is 1.58 bits per heavy atom. The number of halogens is 1. The summed E-state index contributed by atoms with van der Waals surface area (Å²) in [5.74, 6) is 0.420. The highest BCUT2D eigenvalue weighted by molar-refractivity contribution is 6.32. The Kier molecular flexibility index (Phi) is 4.66. The van der Waals surface area contributed by atoms with Crippen LogP contribution in [0.5, 0.6) is 5.75 Å². The molecular formula is C14H18ClNO3. The molecule has 0 aromatic heterocycles. The maximum Gasteiger partial charge on any atom is 0.260 e. The number of carbonyl (C=O) groups is 1. The predicted molar refractivity (Wildman–Crippen MR) is 73.5 cm³/mol. The monoisotopic (exact) mass is 283 g/mol. The summed E-state index contributed by atoms with van der Waals surface area (Å²) in [4.78, 5) is 13.7. The van der Waals surface area contributed by atoms with E-state index in [0.717, 1.165) is 18.4 Å². The number of hydrogen-bond donors (Lipinski definition) is 1. The van der Waals surface area contributed by atoms with Crippen LogP contribution in [0.3, 0.4) is 0 Å². The molecule has 1 amide bonds. The maximum atomic E-state index is 12.0. The van der Waals surface area contributed by atoms with Crippen molar-refractivity contribution in [2.45, 2.75) is 25.8 Å². The van der Waals surface area contributed by atoms with Gasteiger partial charge in [-0.25, -0.2) is 0 Å². The highest BCUT2D eigenvalue weighted by Gasteiger charge is 2.28. The van der Waals surface area contributed by atoms with Gasteiger partial charge in [-0.15, -0.1) is 0 Å². The first-order chi connectivity index (χ1) is 9.11. The van der Waals surface area contributed by atoms with Gasteiger partial charge in [0.15, 0.2) is 6.61 Å². The molecule has 0 unspecified atom stereocenters. The number of amides is 1. The molecule has 2 rings (SSSR count). The summed E-state index contributed by atoms with van der Waals surface area (Å²) in [6.07, 6.45) is 1.79. The van der Waals surface area contributed by atoms with Gasteiger partial charge in [-0.05, 0) is 37.5 Å². The molecule has 1 aromatic carbocycles. The molecule has 5 heteroatoms. The first kappa shape index (κ1) is 14.2. The first-order valence-electron chi connectivity index (χ1n) is 6.41. The SMILES string of the molecule is Cc1ccc(Cl)c(OCC(=O)N2CCC[C@@H]2CO)c1. The lowest BCUT2D eigenvalue weighted by atomic mass is 10.2. The van der Waals surface area contributed by atoms with Crippen LogP contribution < -0.4 is 4.74 Å². The largest absolute Gasteiger partial charge is 0.482 e. The van der Waals surface area contributed by atoms with Crippen LogP contribution in [0.2, 0.25) is 5.02 Å². The van der Waals surface area contributed by atoms with Gasteiger partial charge < -0.3 is 14.7 Å². The molecule has 0 aliphatic carbocycles. The Morgan fingerprint density at radius 3 is 3.11 bits per heavy atom. The first-order valence-corrected chi connectivity index (χ1v) is 6.79. The minimum absolute atomic E-state index is 0.0109. The van der Waals surface area contributed by atoms with Crippen LogP contribution in [0.1, 0.15) is 18.4 Å². The van der Waals surface area contributed by atoms with Gasteiger partial charge in [0.05, 0.1) is 17.7 Å². The molecule has 1 aliphatic rings. The van der Waals surface area contributed by atoms with Gasteiger partial charge in [0, 0.05) is 6.54 Å². The van der Waals surface area contributed by atoms with Gasteiger partial charge in [-0.1, -0.05) is 17.7 Å². The zero-order valence-corrected chi connectivity index (χ0v) is 11.7. The third-order valence-electron chi connectivity index (χ3n) is 3.35. The molecular weight excluding hydrogens is 266 g/mol. The molecule has 0 saturated carbocycles. The lowest BCUT2D eigenvalue weighted by molar-refractivity contribution is -0.134. The number of aliphatic hydroxyl groups is 1. The zero-order valence-electron chi connectivity index (χ0n) is 10.9. The van der Waals surface area contributed by atoms with Crippen LogP contribution in [0.4, 0.5) is 0 Å². The van der Waals surface area contributed by atoms with E-state index in [0.29, 0.717) is 17.3 Å². The molecule has 1 fully saturated rings. The number of hydrogen-bond acceptors (Lipinski definition) is 3. The Morgan fingerprint density at radius 2 is 2.37 bits per heavy atom. The number of carbonyl (C=O) groups excluding carboxylic acids is 1. The predicted octanol–water partition coefficient (Wildman–Crippen LogP) is 2.01. The van der Waals surface area contributed by atoms with E-state index >= 15 is 0 Å². The molecule has 104 valence electrons. The highest BCUT2D eigenvalue weighted by Crippen LogP contribution is 2.25. The van der Waals surface area contributed by atoms with Crippen molar-refractivity contribution in [2.75, 3.05) is 19.8 Å². The van der Waals surface area contributed by atoms with E-state index in [-0.39, 0.29) is 25.2 Å². The molecule has 0 radical (unpaired) electrons. The molecule has 0 bridgehead atoms. The lowest BCUT2D eigenvalue weighted by Gasteiger charge is -2.23. The standard InChI is InChI=1S/C14H18ClNO3/c1-10-4-5-12(15)13(7-10)19-9-14(18)16-6-2-3-11(16)8-17/h4-5,7,11,17H,2-3,6,8-9H2,1H3/t11-/m1/s1. The summed E-state index contributed by atoms with van der Waals surface area (Å²) < 4.78 is 5.48. The van der Waals surface area contributed by atoms with Crippen LogP contribution >= 0.6 is 11.6 Å². The second kappa shape index (κ2) is 6.26. The summed E-state index contributed by atoms with van der Waals surface area (Å²) in [6.45, 7) is 2.60. The van der Waals surface area contributed by atoms with Crippen LogP contribution in [0.25, 0.3) is 0 Å². The second-order valence-corrected chi connectivity index (χ2v) is 5.20. The number of ether oxygens (including phenoxy) is 1. The quantitative estimate of drug-likeness (QED) is 0.920. The molecule has 0 spiro atoms. The Balaban J connectivity index is 1.95. The molecule has 4 nitrogen and oxygen atoms in total. The van der Waals surface area contributed by atoms with Crippen molar-refractivity contribution < 1.29 is 14.6 Å². The fourth-order valence-corrected chi connectivity index (χ4v) is 2.47. The highest BCUT2D eigenvalue weighted by atomic mass is 35.5. The Bertz CT molecular complexity index is 464. The van der Waals surface area contributed by atoms with E-state index < -0.39 is 0 Å². The third-order valence-corrected chi connectivity index (χ3v) is 3.66. The Labute approximate surface area is 117 Å². The minimum atomic E-state index is -0.103. The van der Waals surface area contributed by atoms with E-state index in [2.05, 4.69) is 0 Å². The molecule has 1 atom stereocenters. The summed E-state index contributed by atoms with van der Waals surface area (Å²) >= 11 is 6.01. The second-order valence-electron chi connectivity index (χ2n) is 4.79. The number of benzene rings is 1. The van der Waals surface area contributed by atoms with Crippen molar-refractivity contribution in [3.63, 3.8) is 0 Å². The van der Waals surface area contributed by atoms with Crippen molar-refractivity contribution in [1.29, 1.82) is 0 Å². The van der Waals surface area contributed by atoms with Crippen molar-refractivity contribution in [3.05, 3.63) is 28.8 Å². The number of nitrogens with zero attached hydrogens (tertiary/aromatic N) is 1. The molecule has 1 saturated heterocycles. The normalized spacial score (nSPS) is 18.7. The maximum absolute atomic E-state index is 12.0. The fourth-order valence-electron chi connectivity index (χ4n) is 2.30. The smallest absolute Gasteiger partial charge is 0.260 e. The summed E-state index contributed by atoms with van der Waals surface area (Å²) in [6, 6.07) is 5.38. The van der Waals surface area contributed by atoms with Gasteiger partial charge >= 0.3 is 0 Å². The average molecular weight is 284 g/mol. The topological polar surface area (TPSA) is 49.8 Å². The fraction of sp³-hybridized carbons (Fsp3) is 0.500. The van der Waals surface area contributed by atoms with Crippen LogP contribution in [-0.4, -0.2) is 41.7 Å². The van der Waals surface area contributed by atoms with E-state index in [1.165, 1.54) is 0 Å². The van der Waals surface area contributed by atoms with Crippen LogP contribution in [0, 0.1) is 6.92 Å². The third kappa shape index (κ3) is 3.39. The Hall–Kier alpha value is -1.26. The zero-order chi connectivity index (χ0) is 13.8. The van der Waals surface area contributed by atoms with Crippen molar-refractivity contribution >= 4 is 17.5 Å². The van der Waals surface area contributed by atoms with Crippen molar-refractivity contribution in [2.24, 2.45) is 0 Å². The van der Waals surface area contributed by atoms with Crippen LogP contribution in [-0.2, 0) is 4.79 Å². The van der Waals surface area contributed by atoms with Gasteiger partial charge in [-0.2, -0.15) is 0 Å². The summed E-state index contributed by atoms with van der Waals surface area (Å²) in [5.41, 5.74) is 1.03. The van der Waals surface area contributed by atoms with E-state index in [4.69, 9.17) is 16.3 Å². The average Bonchev–Trinajstić information content (AvgIpc) is 2.88. The van der Waals surface area contributed by atoms with Gasteiger partial charge in [0.25, 0.3) is 5.91 Å². The van der Waals surface area contributed by atoms with Gasteiger partial charge in [0.2, 0.25) is 0 Å². The van der Waals surface area contributed by atoms with Gasteiger partial charge in [-0.3, -0.25) is 4.79 Å². The number of aliphatic hydroxyl groups excluding tert-OH is 1. The molecule has 1 aromatic rings. The van der Waals surface area contributed by atoms with Crippen molar-refractivity contribution in [3.8, 4) is 5.75 Å². The lowest BCUT2D eigenvalue weighted by Crippen LogP contribution is -2.40. The van der Waals surface area contributed by atoms with Crippen molar-refractivity contribution in [1.82, 2.24) is 4.90 Å². The molecule has 1 aliphatic heterocycles. The number of aryl methyl sites for hydroxylation is 1. The van der Waals surface area contributed by atoms with Crippen LogP contribution in [0.15, 0.2) is 18.2 Å². The van der Waals surface area contributed by atoms with E-state index in [1.807, 2.05) is 19.1 Å². The molecule has 19 heavy (non-hydrogen) atoms. The van der Waals surface area contributed by atoms with E-state index in [1.54, 1.807) is 11.0 Å². The number of likely N-dealkylation sites (tertiary alicyclic amines) is 1. The number of rotatable bonds is 4. The minimum Gasteiger partial charge on any atom is -0.482 e. The molecule has 1 heterocycles. The molecule has 1 N–H and O–H groups in total. The summed E-state index contributed by atoms with van der Waals surface area (Å²) in [5, 5.41) is 9.69.